The number of ether oxygens (including phenoxy) is 2. The van der Waals surface area contributed by atoms with Gasteiger partial charge in [-0.3, -0.25) is 4.90 Å². The smallest absolute Gasteiger partial charge is 0.222 e. The molecule has 1 aromatic heterocycles. The molecule has 142 valence electrons. The van der Waals surface area contributed by atoms with Crippen molar-refractivity contribution in [2.45, 2.75) is 26.1 Å². The van der Waals surface area contributed by atoms with Crippen LogP contribution in [0, 0.1) is 11.3 Å². The number of hydrogen-bond acceptors (Lipinski definition) is 8. The van der Waals surface area contributed by atoms with E-state index in [1.54, 1.807) is 0 Å². The van der Waals surface area contributed by atoms with Gasteiger partial charge in [-0.25, -0.2) is 4.98 Å². The zero-order valence-electron chi connectivity index (χ0n) is 15.6. The van der Waals surface area contributed by atoms with E-state index in [0.717, 1.165) is 19.6 Å². The Morgan fingerprint density at radius 2 is 2.00 bits per heavy atom. The maximum atomic E-state index is 9.35. The Bertz CT molecular complexity index is 841. The van der Waals surface area contributed by atoms with Gasteiger partial charge in [-0.2, -0.15) is 10.2 Å². The topological polar surface area (TPSA) is 123 Å². The molecule has 1 saturated heterocycles. The molecule has 4 N–H and O–H groups in total. The van der Waals surface area contributed by atoms with Gasteiger partial charge >= 0.3 is 0 Å². The van der Waals surface area contributed by atoms with E-state index in [4.69, 9.17) is 20.9 Å². The summed E-state index contributed by atoms with van der Waals surface area (Å²) in [6, 6.07) is 9.41. The number of hydrogen-bond donors (Lipinski definition) is 2. The lowest BCUT2D eigenvalue weighted by molar-refractivity contribution is -0.0699. The van der Waals surface area contributed by atoms with Crippen molar-refractivity contribution in [1.29, 1.82) is 5.26 Å². The van der Waals surface area contributed by atoms with Gasteiger partial charge in [-0.1, -0.05) is 12.1 Å². The van der Waals surface area contributed by atoms with Gasteiger partial charge in [-0.05, 0) is 26.0 Å². The third-order valence-electron chi connectivity index (χ3n) is 4.35. The van der Waals surface area contributed by atoms with Gasteiger partial charge in [0.25, 0.3) is 0 Å². The Balaban J connectivity index is 1.69. The van der Waals surface area contributed by atoms with Crippen LogP contribution in [0.3, 0.4) is 0 Å². The van der Waals surface area contributed by atoms with E-state index in [1.165, 1.54) is 0 Å². The van der Waals surface area contributed by atoms with Crippen LogP contribution in [0.1, 0.15) is 19.4 Å². The molecule has 1 aliphatic rings. The molecule has 1 fully saturated rings. The van der Waals surface area contributed by atoms with Gasteiger partial charge in [0.15, 0.2) is 0 Å². The Morgan fingerprint density at radius 3 is 2.70 bits per heavy atom. The molecule has 2 atom stereocenters. The maximum Gasteiger partial charge on any atom is 0.222 e. The van der Waals surface area contributed by atoms with Gasteiger partial charge in [0.1, 0.15) is 29.8 Å². The monoisotopic (exact) mass is 368 g/mol. The van der Waals surface area contributed by atoms with Crippen LogP contribution in [0.15, 0.2) is 24.3 Å². The Kier molecular flexibility index (Phi) is 5.74. The SMILES string of the molecule is CC1CN(CCOc2cccc(-c3nc(N)nc(N)c3C#N)c2)CC(C)O1. The Labute approximate surface area is 158 Å². The van der Waals surface area contributed by atoms with E-state index in [1.807, 2.05) is 30.3 Å². The van der Waals surface area contributed by atoms with Crippen LogP contribution >= 0.6 is 0 Å². The number of aromatic nitrogens is 2. The second-order valence-corrected chi connectivity index (χ2v) is 6.70. The molecule has 2 heterocycles. The van der Waals surface area contributed by atoms with Crippen LogP contribution < -0.4 is 16.2 Å². The van der Waals surface area contributed by atoms with E-state index < -0.39 is 0 Å². The summed E-state index contributed by atoms with van der Waals surface area (Å²) in [6.07, 6.45) is 0.463. The lowest BCUT2D eigenvalue weighted by Gasteiger charge is -2.35. The van der Waals surface area contributed by atoms with E-state index in [-0.39, 0.29) is 29.5 Å². The van der Waals surface area contributed by atoms with Crippen molar-refractivity contribution in [3.8, 4) is 23.1 Å². The predicted molar refractivity (Wildman–Crippen MR) is 103 cm³/mol. The summed E-state index contributed by atoms with van der Waals surface area (Å²) in [5.74, 6) is 0.798. The van der Waals surface area contributed by atoms with Crippen molar-refractivity contribution < 1.29 is 9.47 Å². The number of morpholine rings is 1. The second kappa shape index (κ2) is 8.20. The third kappa shape index (κ3) is 4.64. The van der Waals surface area contributed by atoms with E-state index >= 15 is 0 Å². The van der Waals surface area contributed by atoms with Crippen LogP contribution in [-0.4, -0.2) is 53.3 Å². The predicted octanol–water partition coefficient (Wildman–Crippen LogP) is 1.67. The van der Waals surface area contributed by atoms with Gasteiger partial charge in [-0.15, -0.1) is 0 Å². The number of nitriles is 1. The fourth-order valence-corrected chi connectivity index (χ4v) is 3.31. The second-order valence-electron chi connectivity index (χ2n) is 6.70. The summed E-state index contributed by atoms with van der Waals surface area (Å²) in [6.45, 7) is 7.34. The van der Waals surface area contributed by atoms with Crippen molar-refractivity contribution in [3.63, 3.8) is 0 Å². The van der Waals surface area contributed by atoms with Crippen LogP contribution in [-0.2, 0) is 4.74 Å². The zero-order valence-corrected chi connectivity index (χ0v) is 15.6. The highest BCUT2D eigenvalue weighted by atomic mass is 16.5. The first-order chi connectivity index (χ1) is 13.0. The first-order valence-electron chi connectivity index (χ1n) is 8.90. The molecule has 2 unspecified atom stereocenters. The average molecular weight is 368 g/mol. The number of benzene rings is 1. The molecule has 0 saturated carbocycles. The lowest BCUT2D eigenvalue weighted by Crippen LogP contribution is -2.46. The van der Waals surface area contributed by atoms with Gasteiger partial charge in [0, 0.05) is 25.2 Å². The molecule has 3 rings (SSSR count). The standard InChI is InChI=1S/C19H24N6O2/c1-12-10-25(11-13(2)27-12)6-7-26-15-5-3-4-14(8-15)17-16(9-20)18(21)24-19(22)23-17/h3-5,8,12-13H,6-7,10-11H2,1-2H3,(H4,21,22,23,24). The summed E-state index contributed by atoms with van der Waals surface area (Å²) in [5, 5.41) is 9.35. The van der Waals surface area contributed by atoms with E-state index in [9.17, 15) is 5.26 Å². The lowest BCUT2D eigenvalue weighted by atomic mass is 10.1. The Morgan fingerprint density at radius 1 is 1.26 bits per heavy atom. The summed E-state index contributed by atoms with van der Waals surface area (Å²) in [5.41, 5.74) is 12.8. The molecule has 8 heteroatoms. The molecular formula is C19H24N6O2. The molecule has 0 amide bonds. The fourth-order valence-electron chi connectivity index (χ4n) is 3.31. The van der Waals surface area contributed by atoms with Crippen molar-refractivity contribution in [2.75, 3.05) is 37.7 Å². The molecule has 0 spiro atoms. The van der Waals surface area contributed by atoms with Gasteiger partial charge in [0.05, 0.1) is 17.9 Å². The van der Waals surface area contributed by atoms with Crippen molar-refractivity contribution >= 4 is 11.8 Å². The first kappa shape index (κ1) is 18.9. The molecule has 0 bridgehead atoms. The number of anilines is 2. The highest BCUT2D eigenvalue weighted by molar-refractivity contribution is 5.73. The molecule has 8 nitrogen and oxygen atoms in total. The summed E-state index contributed by atoms with van der Waals surface area (Å²) >= 11 is 0. The molecule has 0 radical (unpaired) electrons. The first-order valence-corrected chi connectivity index (χ1v) is 8.90. The van der Waals surface area contributed by atoms with Crippen LogP contribution in [0.4, 0.5) is 11.8 Å². The summed E-state index contributed by atoms with van der Waals surface area (Å²) in [7, 11) is 0. The van der Waals surface area contributed by atoms with Crippen molar-refractivity contribution in [3.05, 3.63) is 29.8 Å². The minimum absolute atomic E-state index is 0.0309. The largest absolute Gasteiger partial charge is 0.492 e. The van der Waals surface area contributed by atoms with Gasteiger partial charge in [0.2, 0.25) is 5.95 Å². The molecule has 1 aromatic carbocycles. The van der Waals surface area contributed by atoms with Crippen LogP contribution in [0.5, 0.6) is 5.75 Å². The Hall–Kier alpha value is -2.89. The van der Waals surface area contributed by atoms with E-state index in [2.05, 4.69) is 28.7 Å². The third-order valence-corrected chi connectivity index (χ3v) is 4.35. The molecule has 1 aliphatic heterocycles. The van der Waals surface area contributed by atoms with Crippen molar-refractivity contribution in [1.82, 2.24) is 14.9 Å². The fraction of sp³-hybridized carbons (Fsp3) is 0.421. The van der Waals surface area contributed by atoms with Crippen molar-refractivity contribution in [2.24, 2.45) is 0 Å². The minimum atomic E-state index is 0.0309. The molecular weight excluding hydrogens is 344 g/mol. The van der Waals surface area contributed by atoms with Gasteiger partial charge < -0.3 is 20.9 Å². The maximum absolute atomic E-state index is 9.35. The number of rotatable bonds is 5. The number of nitrogens with zero attached hydrogens (tertiary/aromatic N) is 4. The highest BCUT2D eigenvalue weighted by Gasteiger charge is 2.21. The summed E-state index contributed by atoms with van der Waals surface area (Å²) < 4.78 is 11.6. The summed E-state index contributed by atoms with van der Waals surface area (Å²) in [4.78, 5) is 10.4. The van der Waals surface area contributed by atoms with E-state index in [0.29, 0.717) is 23.6 Å². The number of nitrogen functional groups attached to an aromatic ring is 2. The zero-order chi connectivity index (χ0) is 19.4. The van der Waals surface area contributed by atoms with Crippen LogP contribution in [0.25, 0.3) is 11.3 Å². The quantitative estimate of drug-likeness (QED) is 0.817. The molecule has 0 aliphatic carbocycles. The van der Waals surface area contributed by atoms with Crippen LogP contribution in [0.2, 0.25) is 0 Å². The highest BCUT2D eigenvalue weighted by Crippen LogP contribution is 2.28. The molecule has 2 aromatic rings. The average Bonchev–Trinajstić information content (AvgIpc) is 2.60. The number of nitrogens with two attached hydrogens (primary N) is 2. The minimum Gasteiger partial charge on any atom is -0.492 e. The normalized spacial score (nSPS) is 20.2. The molecule has 27 heavy (non-hydrogen) atoms.